The summed E-state index contributed by atoms with van der Waals surface area (Å²) in [6.07, 6.45) is 2.71. The zero-order chi connectivity index (χ0) is 18.9. The predicted molar refractivity (Wildman–Crippen MR) is 105 cm³/mol. The standard InChI is InChI=1S/C20H24N2O3S/c1-6-24-16-11-13(20(3,4)5)10-14(18(16)25-7-2)17-15(12-23)22-8-9-26-19(22)21-17/h8-12H,6-7H2,1-5H3. The molecule has 0 amide bonds. The van der Waals surface area contributed by atoms with Gasteiger partial charge in [0.05, 0.1) is 13.2 Å². The summed E-state index contributed by atoms with van der Waals surface area (Å²) in [5.74, 6) is 1.32. The second-order valence-electron chi connectivity index (χ2n) is 6.99. The fourth-order valence-corrected chi connectivity index (χ4v) is 3.60. The average Bonchev–Trinajstić information content (AvgIpc) is 3.16. The second-order valence-corrected chi connectivity index (χ2v) is 7.86. The van der Waals surface area contributed by atoms with Crippen LogP contribution in [0.2, 0.25) is 0 Å². The van der Waals surface area contributed by atoms with E-state index >= 15 is 0 Å². The summed E-state index contributed by atoms with van der Waals surface area (Å²) < 4.78 is 13.6. The molecule has 0 spiro atoms. The van der Waals surface area contributed by atoms with E-state index in [-0.39, 0.29) is 5.41 Å². The fraction of sp³-hybridized carbons (Fsp3) is 0.400. The quantitative estimate of drug-likeness (QED) is 0.573. The lowest BCUT2D eigenvalue weighted by Gasteiger charge is -2.23. The van der Waals surface area contributed by atoms with E-state index < -0.39 is 0 Å². The van der Waals surface area contributed by atoms with E-state index in [1.165, 1.54) is 11.3 Å². The summed E-state index contributed by atoms with van der Waals surface area (Å²) in [6, 6.07) is 4.09. The Morgan fingerprint density at radius 2 is 1.92 bits per heavy atom. The molecule has 6 heteroatoms. The molecule has 5 nitrogen and oxygen atoms in total. The number of carbonyl (C=O) groups excluding carboxylic acids is 1. The molecule has 1 aromatic carbocycles. The van der Waals surface area contributed by atoms with Crippen molar-refractivity contribution in [1.29, 1.82) is 0 Å². The number of hydrogen-bond donors (Lipinski definition) is 0. The van der Waals surface area contributed by atoms with Crippen LogP contribution in [0.15, 0.2) is 23.7 Å². The van der Waals surface area contributed by atoms with Gasteiger partial charge in [-0.2, -0.15) is 0 Å². The highest BCUT2D eigenvalue weighted by Gasteiger charge is 2.25. The van der Waals surface area contributed by atoms with Crippen LogP contribution in [0.3, 0.4) is 0 Å². The molecule has 138 valence electrons. The molecule has 0 radical (unpaired) electrons. The highest BCUT2D eigenvalue weighted by Crippen LogP contribution is 2.43. The first-order valence-corrected chi connectivity index (χ1v) is 9.63. The number of rotatable bonds is 6. The molecule has 2 heterocycles. The minimum Gasteiger partial charge on any atom is -0.490 e. The van der Waals surface area contributed by atoms with Crippen molar-refractivity contribution in [2.24, 2.45) is 0 Å². The maximum atomic E-state index is 11.8. The molecule has 0 N–H and O–H groups in total. The Morgan fingerprint density at radius 1 is 1.19 bits per heavy atom. The monoisotopic (exact) mass is 372 g/mol. The lowest BCUT2D eigenvalue weighted by Crippen LogP contribution is -2.13. The van der Waals surface area contributed by atoms with Crippen molar-refractivity contribution in [3.05, 3.63) is 35.0 Å². The summed E-state index contributed by atoms with van der Waals surface area (Å²) in [4.78, 5) is 17.3. The van der Waals surface area contributed by atoms with Crippen molar-refractivity contribution < 1.29 is 14.3 Å². The largest absolute Gasteiger partial charge is 0.490 e. The van der Waals surface area contributed by atoms with Crippen molar-refractivity contribution in [2.45, 2.75) is 40.0 Å². The third-order valence-electron chi connectivity index (χ3n) is 4.18. The van der Waals surface area contributed by atoms with Crippen molar-refractivity contribution >= 4 is 22.6 Å². The van der Waals surface area contributed by atoms with E-state index in [1.54, 1.807) is 0 Å². The summed E-state index contributed by atoms with van der Waals surface area (Å²) in [7, 11) is 0. The molecule has 0 atom stereocenters. The van der Waals surface area contributed by atoms with Crippen LogP contribution in [0.4, 0.5) is 0 Å². The molecule has 0 aliphatic rings. The summed E-state index contributed by atoms with van der Waals surface area (Å²) >= 11 is 1.50. The molecular formula is C20H24N2O3S. The van der Waals surface area contributed by atoms with Gasteiger partial charge in [-0.05, 0) is 37.0 Å². The van der Waals surface area contributed by atoms with Crippen molar-refractivity contribution in [2.75, 3.05) is 13.2 Å². The Balaban J connectivity index is 2.33. The molecule has 0 fully saturated rings. The maximum Gasteiger partial charge on any atom is 0.194 e. The van der Waals surface area contributed by atoms with Crippen LogP contribution < -0.4 is 9.47 Å². The normalized spacial score (nSPS) is 11.7. The van der Waals surface area contributed by atoms with Gasteiger partial charge in [0.2, 0.25) is 0 Å². The molecular weight excluding hydrogens is 348 g/mol. The SMILES string of the molecule is CCOc1cc(C(C)(C)C)cc(-c2nc3sccn3c2C=O)c1OCC. The first-order valence-electron chi connectivity index (χ1n) is 8.75. The number of ether oxygens (including phenoxy) is 2. The van der Waals surface area contributed by atoms with Gasteiger partial charge in [0.1, 0.15) is 11.4 Å². The summed E-state index contributed by atoms with van der Waals surface area (Å²) in [5.41, 5.74) is 2.97. The van der Waals surface area contributed by atoms with E-state index in [0.29, 0.717) is 36.1 Å². The van der Waals surface area contributed by atoms with Crippen molar-refractivity contribution in [3.63, 3.8) is 0 Å². The number of nitrogens with zero attached hydrogens (tertiary/aromatic N) is 2. The van der Waals surface area contributed by atoms with Gasteiger partial charge < -0.3 is 9.47 Å². The first-order chi connectivity index (χ1) is 12.4. The van der Waals surface area contributed by atoms with Crippen LogP contribution in [0.1, 0.15) is 50.7 Å². The topological polar surface area (TPSA) is 52.8 Å². The third-order valence-corrected chi connectivity index (χ3v) is 4.93. The minimum atomic E-state index is -0.0796. The Labute approximate surface area is 157 Å². The van der Waals surface area contributed by atoms with Crippen LogP contribution in [0.25, 0.3) is 16.2 Å². The van der Waals surface area contributed by atoms with Gasteiger partial charge in [0.25, 0.3) is 0 Å². The molecule has 0 aliphatic carbocycles. The van der Waals surface area contributed by atoms with Crippen LogP contribution in [-0.2, 0) is 5.41 Å². The third kappa shape index (κ3) is 3.21. The lowest BCUT2D eigenvalue weighted by molar-refractivity contribution is 0.111. The number of aromatic nitrogens is 2. The highest BCUT2D eigenvalue weighted by molar-refractivity contribution is 7.15. The van der Waals surface area contributed by atoms with Gasteiger partial charge in [-0.1, -0.05) is 20.8 Å². The van der Waals surface area contributed by atoms with E-state index in [1.807, 2.05) is 35.9 Å². The molecule has 26 heavy (non-hydrogen) atoms. The van der Waals surface area contributed by atoms with Gasteiger partial charge >= 0.3 is 0 Å². The number of thiazole rings is 1. The Kier molecular flexibility index (Phi) is 5.05. The molecule has 0 aliphatic heterocycles. The lowest BCUT2D eigenvalue weighted by atomic mass is 9.85. The number of carbonyl (C=O) groups is 1. The minimum absolute atomic E-state index is 0.0796. The molecule has 0 saturated heterocycles. The Morgan fingerprint density at radius 3 is 2.54 bits per heavy atom. The fourth-order valence-electron chi connectivity index (χ4n) is 2.88. The number of benzene rings is 1. The second kappa shape index (κ2) is 7.11. The zero-order valence-electron chi connectivity index (χ0n) is 15.8. The van der Waals surface area contributed by atoms with E-state index in [9.17, 15) is 4.79 Å². The van der Waals surface area contributed by atoms with Gasteiger partial charge in [-0.15, -0.1) is 11.3 Å². The molecule has 3 rings (SSSR count). The first kappa shape index (κ1) is 18.5. The van der Waals surface area contributed by atoms with Crippen LogP contribution in [0, 0.1) is 0 Å². The summed E-state index contributed by atoms with van der Waals surface area (Å²) in [5, 5.41) is 1.92. The number of hydrogen-bond acceptors (Lipinski definition) is 5. The van der Waals surface area contributed by atoms with Gasteiger partial charge in [-0.3, -0.25) is 9.20 Å². The van der Waals surface area contributed by atoms with Crippen LogP contribution in [-0.4, -0.2) is 28.9 Å². The average molecular weight is 372 g/mol. The Hall–Kier alpha value is -2.34. The van der Waals surface area contributed by atoms with Gasteiger partial charge in [-0.25, -0.2) is 4.98 Å². The number of aldehydes is 1. The van der Waals surface area contributed by atoms with Crippen molar-refractivity contribution in [3.8, 4) is 22.8 Å². The van der Waals surface area contributed by atoms with E-state index in [0.717, 1.165) is 22.4 Å². The van der Waals surface area contributed by atoms with Gasteiger partial charge in [0.15, 0.2) is 22.7 Å². The highest BCUT2D eigenvalue weighted by atomic mass is 32.1. The van der Waals surface area contributed by atoms with Gasteiger partial charge in [0, 0.05) is 17.1 Å². The van der Waals surface area contributed by atoms with Crippen LogP contribution >= 0.6 is 11.3 Å². The molecule has 3 aromatic rings. The Bertz CT molecular complexity index is 935. The molecule has 0 unspecified atom stereocenters. The summed E-state index contributed by atoms with van der Waals surface area (Å²) in [6.45, 7) is 11.4. The van der Waals surface area contributed by atoms with E-state index in [2.05, 4.69) is 26.8 Å². The van der Waals surface area contributed by atoms with E-state index in [4.69, 9.17) is 14.5 Å². The number of fused-ring (bicyclic) bond motifs is 1. The van der Waals surface area contributed by atoms with Crippen molar-refractivity contribution in [1.82, 2.24) is 9.38 Å². The van der Waals surface area contributed by atoms with Crippen LogP contribution in [0.5, 0.6) is 11.5 Å². The molecule has 0 saturated carbocycles. The predicted octanol–water partition coefficient (Wildman–Crippen LogP) is 4.97. The molecule has 0 bridgehead atoms. The number of imidazole rings is 1. The zero-order valence-corrected chi connectivity index (χ0v) is 16.6. The smallest absolute Gasteiger partial charge is 0.194 e. The maximum absolute atomic E-state index is 11.8. The molecule has 2 aromatic heterocycles.